The minimum Gasteiger partial charge on any atom is -0.497 e. The number of hydrogen-bond donors (Lipinski definition) is 1. The Morgan fingerprint density at radius 2 is 2.09 bits per heavy atom. The SMILES string of the molecule is COc1ccc2nc(-n3nc(C)cc3NC(=O)C3CCCCN3S(=O)(=O)c3cccs3)sc2c1. The van der Waals surface area contributed by atoms with Crippen LogP contribution in [0, 0.1) is 6.92 Å². The highest BCUT2D eigenvalue weighted by Gasteiger charge is 2.38. The number of piperidine rings is 1. The van der Waals surface area contributed by atoms with Gasteiger partial charge in [0.15, 0.2) is 0 Å². The number of carbonyl (C=O) groups is 1. The van der Waals surface area contributed by atoms with Crippen LogP contribution in [0.15, 0.2) is 46.0 Å². The van der Waals surface area contributed by atoms with Crippen molar-refractivity contribution in [2.24, 2.45) is 0 Å². The molecule has 1 aromatic carbocycles. The number of anilines is 1. The van der Waals surface area contributed by atoms with Gasteiger partial charge in [-0.2, -0.15) is 14.1 Å². The van der Waals surface area contributed by atoms with Gasteiger partial charge in [-0.3, -0.25) is 4.79 Å². The second-order valence-electron chi connectivity index (χ2n) is 7.96. The summed E-state index contributed by atoms with van der Waals surface area (Å²) in [7, 11) is -2.13. The van der Waals surface area contributed by atoms with Crippen molar-refractivity contribution in [1.82, 2.24) is 19.1 Å². The third-order valence-electron chi connectivity index (χ3n) is 5.66. The predicted molar refractivity (Wildman–Crippen MR) is 133 cm³/mol. The molecule has 0 bridgehead atoms. The Morgan fingerprint density at radius 1 is 1.24 bits per heavy atom. The van der Waals surface area contributed by atoms with Gasteiger partial charge in [0.25, 0.3) is 10.0 Å². The van der Waals surface area contributed by atoms with Gasteiger partial charge >= 0.3 is 0 Å². The van der Waals surface area contributed by atoms with Crippen molar-refractivity contribution in [2.45, 2.75) is 36.4 Å². The van der Waals surface area contributed by atoms with E-state index in [1.807, 2.05) is 25.1 Å². The first-order chi connectivity index (χ1) is 16.4. The molecule has 5 rings (SSSR count). The molecule has 9 nitrogen and oxygen atoms in total. The van der Waals surface area contributed by atoms with E-state index in [1.54, 1.807) is 35.4 Å². The number of aromatic nitrogens is 3. The number of fused-ring (bicyclic) bond motifs is 1. The molecule has 34 heavy (non-hydrogen) atoms. The van der Waals surface area contributed by atoms with Crippen LogP contribution in [0.1, 0.15) is 25.0 Å². The van der Waals surface area contributed by atoms with E-state index >= 15 is 0 Å². The molecule has 3 aromatic heterocycles. The maximum Gasteiger partial charge on any atom is 0.253 e. The van der Waals surface area contributed by atoms with E-state index in [4.69, 9.17) is 4.74 Å². The Labute approximate surface area is 205 Å². The Bertz CT molecular complexity index is 1440. The molecule has 4 heterocycles. The number of sulfonamides is 1. The Kier molecular flexibility index (Phi) is 6.15. The Morgan fingerprint density at radius 3 is 2.85 bits per heavy atom. The third-order valence-corrected chi connectivity index (χ3v) is 9.94. The molecular weight excluding hydrogens is 494 g/mol. The van der Waals surface area contributed by atoms with Crippen molar-refractivity contribution in [3.63, 3.8) is 0 Å². The average Bonchev–Trinajstić information content (AvgIpc) is 3.58. The molecule has 1 amide bonds. The van der Waals surface area contributed by atoms with Crippen LogP contribution in [-0.2, 0) is 14.8 Å². The molecular formula is C22H23N5O4S3. The second-order valence-corrected chi connectivity index (χ2v) is 12.0. The highest BCUT2D eigenvalue weighted by atomic mass is 32.2. The van der Waals surface area contributed by atoms with Crippen molar-refractivity contribution in [1.29, 1.82) is 0 Å². The molecule has 1 unspecified atom stereocenters. The molecule has 4 aromatic rings. The highest BCUT2D eigenvalue weighted by molar-refractivity contribution is 7.91. The number of thiazole rings is 1. The summed E-state index contributed by atoms with van der Waals surface area (Å²) in [6.07, 6.45) is 1.97. The summed E-state index contributed by atoms with van der Waals surface area (Å²) in [6, 6.07) is 9.86. The fraction of sp³-hybridized carbons (Fsp3) is 0.318. The number of thiophene rings is 1. The van der Waals surface area contributed by atoms with Gasteiger partial charge in [-0.05, 0) is 49.4 Å². The second kappa shape index (κ2) is 9.10. The third kappa shape index (κ3) is 4.22. The van der Waals surface area contributed by atoms with Crippen LogP contribution in [0.5, 0.6) is 5.75 Å². The van der Waals surface area contributed by atoms with Gasteiger partial charge in [0.2, 0.25) is 11.0 Å². The molecule has 1 atom stereocenters. The highest BCUT2D eigenvalue weighted by Crippen LogP contribution is 2.31. The molecule has 1 N–H and O–H groups in total. The van der Waals surface area contributed by atoms with Crippen molar-refractivity contribution in [3.8, 4) is 10.9 Å². The average molecular weight is 518 g/mol. The summed E-state index contributed by atoms with van der Waals surface area (Å²) in [5.74, 6) is 0.813. The van der Waals surface area contributed by atoms with Crippen LogP contribution < -0.4 is 10.1 Å². The standard InChI is InChI=1S/C22H23N5O4S3/c1-14-12-19(27(25-14)22-23-16-9-8-15(31-2)13-18(16)33-22)24-21(28)17-6-3-4-10-26(17)34(29,30)20-7-5-11-32-20/h5,7-9,11-13,17H,3-4,6,10H2,1-2H3,(H,24,28). The van der Waals surface area contributed by atoms with Crippen LogP contribution in [0.3, 0.4) is 0 Å². The number of ether oxygens (including phenoxy) is 1. The molecule has 0 spiro atoms. The number of amides is 1. The molecule has 0 aliphatic carbocycles. The van der Waals surface area contributed by atoms with Gasteiger partial charge in [-0.1, -0.05) is 23.8 Å². The lowest BCUT2D eigenvalue weighted by molar-refractivity contribution is -0.120. The quantitative estimate of drug-likeness (QED) is 0.414. The Balaban J connectivity index is 1.44. The first-order valence-corrected chi connectivity index (χ1v) is 13.9. The molecule has 0 radical (unpaired) electrons. The topological polar surface area (TPSA) is 106 Å². The maximum atomic E-state index is 13.4. The molecule has 1 saturated heterocycles. The van der Waals surface area contributed by atoms with Gasteiger partial charge in [-0.15, -0.1) is 11.3 Å². The number of benzene rings is 1. The van der Waals surface area contributed by atoms with Crippen LogP contribution in [0.25, 0.3) is 15.3 Å². The number of carbonyl (C=O) groups excluding carboxylic acids is 1. The van der Waals surface area contributed by atoms with Gasteiger partial charge in [-0.25, -0.2) is 13.4 Å². The van der Waals surface area contributed by atoms with E-state index in [0.717, 1.165) is 40.1 Å². The van der Waals surface area contributed by atoms with Gasteiger partial charge in [0, 0.05) is 12.6 Å². The fourth-order valence-corrected chi connectivity index (χ4v) is 7.77. The van der Waals surface area contributed by atoms with E-state index < -0.39 is 16.1 Å². The lowest BCUT2D eigenvalue weighted by atomic mass is 10.0. The van der Waals surface area contributed by atoms with Crippen molar-refractivity contribution in [2.75, 3.05) is 19.0 Å². The largest absolute Gasteiger partial charge is 0.497 e. The van der Waals surface area contributed by atoms with E-state index in [-0.39, 0.29) is 10.1 Å². The summed E-state index contributed by atoms with van der Waals surface area (Å²) < 4.78 is 35.8. The summed E-state index contributed by atoms with van der Waals surface area (Å²) in [5, 5.41) is 9.75. The number of hydrogen-bond acceptors (Lipinski definition) is 8. The minimum absolute atomic E-state index is 0.248. The molecule has 0 saturated carbocycles. The van der Waals surface area contributed by atoms with E-state index in [2.05, 4.69) is 15.4 Å². The number of aryl methyl sites for hydroxylation is 1. The number of methoxy groups -OCH3 is 1. The van der Waals surface area contributed by atoms with Crippen LogP contribution >= 0.6 is 22.7 Å². The summed E-state index contributed by atoms with van der Waals surface area (Å²) in [5.41, 5.74) is 1.51. The van der Waals surface area contributed by atoms with Crippen molar-refractivity contribution < 1.29 is 17.9 Å². The zero-order valence-corrected chi connectivity index (χ0v) is 21.0. The van der Waals surface area contributed by atoms with E-state index in [9.17, 15) is 13.2 Å². The molecule has 1 aliphatic heterocycles. The van der Waals surface area contributed by atoms with Crippen LogP contribution in [0.2, 0.25) is 0 Å². The summed E-state index contributed by atoms with van der Waals surface area (Å²) in [6.45, 7) is 2.15. The van der Waals surface area contributed by atoms with Gasteiger partial charge < -0.3 is 10.1 Å². The van der Waals surface area contributed by atoms with E-state index in [1.165, 1.54) is 15.6 Å². The molecule has 1 fully saturated rings. The Hall–Kier alpha value is -2.80. The lowest BCUT2D eigenvalue weighted by Gasteiger charge is -2.33. The smallest absolute Gasteiger partial charge is 0.253 e. The molecule has 1 aliphatic rings. The summed E-state index contributed by atoms with van der Waals surface area (Å²) >= 11 is 2.58. The fourth-order valence-electron chi connectivity index (χ4n) is 4.03. The first-order valence-electron chi connectivity index (χ1n) is 10.7. The normalized spacial score (nSPS) is 17.2. The number of nitrogens with zero attached hydrogens (tertiary/aromatic N) is 4. The zero-order valence-electron chi connectivity index (χ0n) is 18.6. The number of rotatable bonds is 6. The lowest BCUT2D eigenvalue weighted by Crippen LogP contribution is -2.49. The number of nitrogens with one attached hydrogen (secondary N) is 1. The van der Waals surface area contributed by atoms with Gasteiger partial charge in [0.05, 0.1) is 23.0 Å². The predicted octanol–water partition coefficient (Wildman–Crippen LogP) is 4.04. The first kappa shape index (κ1) is 23.0. The minimum atomic E-state index is -3.74. The maximum absolute atomic E-state index is 13.4. The van der Waals surface area contributed by atoms with Crippen LogP contribution in [-0.4, -0.2) is 53.1 Å². The van der Waals surface area contributed by atoms with E-state index in [0.29, 0.717) is 29.6 Å². The monoisotopic (exact) mass is 517 g/mol. The van der Waals surface area contributed by atoms with Crippen molar-refractivity contribution >= 4 is 54.6 Å². The zero-order chi connectivity index (χ0) is 23.9. The van der Waals surface area contributed by atoms with Gasteiger partial charge in [0.1, 0.15) is 21.8 Å². The molecule has 178 valence electrons. The van der Waals surface area contributed by atoms with Crippen LogP contribution in [0.4, 0.5) is 5.82 Å². The van der Waals surface area contributed by atoms with Crippen molar-refractivity contribution in [3.05, 3.63) is 47.5 Å². The summed E-state index contributed by atoms with van der Waals surface area (Å²) in [4.78, 5) is 18.0. The molecule has 12 heteroatoms.